The van der Waals surface area contributed by atoms with E-state index in [4.69, 9.17) is 16.0 Å². The fourth-order valence-electron chi connectivity index (χ4n) is 3.70. The van der Waals surface area contributed by atoms with Crippen LogP contribution in [0.3, 0.4) is 0 Å². The molecule has 1 aliphatic rings. The molecule has 162 valence electrons. The molecule has 3 aromatic rings. The van der Waals surface area contributed by atoms with E-state index >= 15 is 0 Å². The van der Waals surface area contributed by atoms with Gasteiger partial charge in [-0.1, -0.05) is 23.7 Å². The number of nitrogens with one attached hydrogen (secondary N) is 1. The van der Waals surface area contributed by atoms with Crippen LogP contribution in [0.15, 0.2) is 68.9 Å². The van der Waals surface area contributed by atoms with E-state index in [0.717, 1.165) is 10.7 Å². The molecular weight excluding hydrogens is 440 g/mol. The van der Waals surface area contributed by atoms with Crippen LogP contribution in [0.5, 0.6) is 0 Å². The molecule has 4 rings (SSSR count). The van der Waals surface area contributed by atoms with Gasteiger partial charge in [-0.2, -0.15) is 4.31 Å². The Morgan fingerprint density at radius 2 is 1.81 bits per heavy atom. The molecule has 31 heavy (non-hydrogen) atoms. The van der Waals surface area contributed by atoms with Crippen molar-refractivity contribution in [3.8, 4) is 0 Å². The third-order valence-electron chi connectivity index (χ3n) is 5.35. The standard InChI is InChI=1S/C22H21ClN2O5S/c23-16-8-10-17(11-9-16)31(28,29)25(19-6-3-4-12-24-22(19)27)13-15-14-30-20-7-2-1-5-18(20)21(15)26/h1-2,5,7-11,14,19H,3-4,6,12-13H2,(H,24,27). The first-order valence-corrected chi connectivity index (χ1v) is 11.7. The van der Waals surface area contributed by atoms with Crippen LogP contribution >= 0.6 is 11.6 Å². The average Bonchev–Trinajstić information content (AvgIpc) is 2.98. The molecule has 1 aromatic heterocycles. The Kier molecular flexibility index (Phi) is 6.13. The van der Waals surface area contributed by atoms with Gasteiger partial charge in [-0.25, -0.2) is 8.42 Å². The lowest BCUT2D eigenvalue weighted by atomic mass is 10.1. The van der Waals surface area contributed by atoms with Crippen molar-refractivity contribution in [1.82, 2.24) is 9.62 Å². The molecule has 0 radical (unpaired) electrons. The highest BCUT2D eigenvalue weighted by atomic mass is 35.5. The van der Waals surface area contributed by atoms with E-state index in [1.54, 1.807) is 24.3 Å². The molecule has 9 heteroatoms. The second-order valence-electron chi connectivity index (χ2n) is 7.39. The topological polar surface area (TPSA) is 96.7 Å². The zero-order valence-corrected chi connectivity index (χ0v) is 18.2. The van der Waals surface area contributed by atoms with Gasteiger partial charge in [-0.15, -0.1) is 0 Å². The van der Waals surface area contributed by atoms with Crippen molar-refractivity contribution in [2.45, 2.75) is 36.7 Å². The minimum atomic E-state index is -4.10. The number of benzene rings is 2. The number of carbonyl (C=O) groups is 1. The monoisotopic (exact) mass is 460 g/mol. The van der Waals surface area contributed by atoms with Crippen molar-refractivity contribution in [2.24, 2.45) is 0 Å². The molecule has 1 fully saturated rings. The number of fused-ring (bicyclic) bond motifs is 1. The number of para-hydroxylation sites is 1. The van der Waals surface area contributed by atoms with Gasteiger partial charge >= 0.3 is 0 Å². The Balaban J connectivity index is 1.81. The average molecular weight is 461 g/mol. The first-order chi connectivity index (χ1) is 14.9. The van der Waals surface area contributed by atoms with Gasteiger partial charge in [0.1, 0.15) is 11.6 Å². The Bertz CT molecular complexity index is 1270. The zero-order chi connectivity index (χ0) is 22.0. The van der Waals surface area contributed by atoms with E-state index in [1.807, 2.05) is 0 Å². The summed E-state index contributed by atoms with van der Waals surface area (Å²) in [6, 6.07) is 11.6. The van der Waals surface area contributed by atoms with Crippen LogP contribution in [0, 0.1) is 0 Å². The summed E-state index contributed by atoms with van der Waals surface area (Å²) in [6.07, 6.45) is 3.07. The minimum Gasteiger partial charge on any atom is -0.464 e. The highest BCUT2D eigenvalue weighted by Gasteiger charge is 2.37. The number of rotatable bonds is 5. The maximum absolute atomic E-state index is 13.6. The summed E-state index contributed by atoms with van der Waals surface area (Å²) in [5, 5.41) is 3.52. The molecule has 1 N–H and O–H groups in total. The quantitative estimate of drug-likeness (QED) is 0.630. The first-order valence-electron chi connectivity index (χ1n) is 9.92. The number of carbonyl (C=O) groups excluding carboxylic acids is 1. The maximum atomic E-state index is 13.6. The summed E-state index contributed by atoms with van der Waals surface area (Å²) in [5.41, 5.74) is 0.246. The molecule has 0 bridgehead atoms. The second-order valence-corrected chi connectivity index (χ2v) is 9.72. The predicted octanol–water partition coefficient (Wildman–Crippen LogP) is 3.31. The molecule has 7 nitrogen and oxygen atoms in total. The fourth-order valence-corrected chi connectivity index (χ4v) is 5.42. The summed E-state index contributed by atoms with van der Waals surface area (Å²) in [7, 11) is -4.10. The van der Waals surface area contributed by atoms with Crippen molar-refractivity contribution in [1.29, 1.82) is 0 Å². The zero-order valence-electron chi connectivity index (χ0n) is 16.6. The van der Waals surface area contributed by atoms with Crippen molar-refractivity contribution in [3.63, 3.8) is 0 Å². The van der Waals surface area contributed by atoms with Crippen molar-refractivity contribution in [2.75, 3.05) is 6.54 Å². The highest BCUT2D eigenvalue weighted by Crippen LogP contribution is 2.26. The number of amides is 1. The van der Waals surface area contributed by atoms with Crippen LogP contribution in [0.1, 0.15) is 24.8 Å². The van der Waals surface area contributed by atoms with Gasteiger partial charge in [-0.05, 0) is 55.7 Å². The van der Waals surface area contributed by atoms with Crippen LogP contribution in [0.2, 0.25) is 5.02 Å². The first kappa shape index (κ1) is 21.5. The van der Waals surface area contributed by atoms with Gasteiger partial charge in [0.05, 0.1) is 22.1 Å². The normalized spacial score (nSPS) is 17.5. The van der Waals surface area contributed by atoms with Crippen molar-refractivity contribution >= 4 is 38.5 Å². The van der Waals surface area contributed by atoms with E-state index in [2.05, 4.69) is 5.32 Å². The lowest BCUT2D eigenvalue weighted by Gasteiger charge is -2.29. The summed E-state index contributed by atoms with van der Waals surface area (Å²) in [5.74, 6) is -0.375. The van der Waals surface area contributed by atoms with Crippen LogP contribution in [0.4, 0.5) is 0 Å². The van der Waals surface area contributed by atoms with Gasteiger partial charge in [0.2, 0.25) is 15.9 Å². The second kappa shape index (κ2) is 8.82. The smallest absolute Gasteiger partial charge is 0.244 e. The molecule has 0 aliphatic carbocycles. The van der Waals surface area contributed by atoms with Gasteiger partial charge < -0.3 is 9.73 Å². The number of nitrogens with zero attached hydrogens (tertiary/aromatic N) is 1. The van der Waals surface area contributed by atoms with E-state index in [-0.39, 0.29) is 28.3 Å². The molecule has 2 heterocycles. The van der Waals surface area contributed by atoms with Gasteiger partial charge in [-0.3, -0.25) is 9.59 Å². The van der Waals surface area contributed by atoms with Crippen LogP contribution < -0.4 is 10.7 Å². The van der Waals surface area contributed by atoms with Crippen molar-refractivity contribution in [3.05, 3.63) is 75.6 Å². The highest BCUT2D eigenvalue weighted by molar-refractivity contribution is 7.89. The lowest BCUT2D eigenvalue weighted by molar-refractivity contribution is -0.124. The van der Waals surface area contributed by atoms with E-state index < -0.39 is 16.1 Å². The van der Waals surface area contributed by atoms with Crippen LogP contribution in [-0.4, -0.2) is 31.2 Å². The predicted molar refractivity (Wildman–Crippen MR) is 117 cm³/mol. The van der Waals surface area contributed by atoms with Crippen molar-refractivity contribution < 1.29 is 17.6 Å². The molecule has 1 amide bonds. The Morgan fingerprint density at radius 1 is 1.06 bits per heavy atom. The third kappa shape index (κ3) is 4.37. The third-order valence-corrected chi connectivity index (χ3v) is 7.47. The molecular formula is C22H21ClN2O5S. The van der Waals surface area contributed by atoms with Crippen LogP contribution in [-0.2, 0) is 21.4 Å². The number of sulfonamides is 1. The molecule has 0 spiro atoms. The minimum absolute atomic E-state index is 0.000811. The van der Waals surface area contributed by atoms with Crippen LogP contribution in [0.25, 0.3) is 11.0 Å². The Hall–Kier alpha value is -2.68. The Labute approximate surface area is 184 Å². The largest absolute Gasteiger partial charge is 0.464 e. The molecule has 1 unspecified atom stereocenters. The number of hydrogen-bond acceptors (Lipinski definition) is 5. The summed E-state index contributed by atoms with van der Waals surface area (Å²) < 4.78 is 33.8. The summed E-state index contributed by atoms with van der Waals surface area (Å²) in [6.45, 7) is 0.207. The SMILES string of the molecule is O=C1NCCCCC1N(Cc1coc2ccccc2c1=O)S(=O)(=O)c1ccc(Cl)cc1. The summed E-state index contributed by atoms with van der Waals surface area (Å²) >= 11 is 5.91. The van der Waals surface area contributed by atoms with Gasteiger partial charge in [0.15, 0.2) is 5.43 Å². The number of hydrogen-bond donors (Lipinski definition) is 1. The van der Waals surface area contributed by atoms with E-state index in [9.17, 15) is 18.0 Å². The van der Waals surface area contributed by atoms with E-state index in [1.165, 1.54) is 30.5 Å². The fraction of sp³-hybridized carbons (Fsp3) is 0.273. The van der Waals surface area contributed by atoms with Gasteiger partial charge in [0.25, 0.3) is 0 Å². The number of halogens is 1. The molecule has 1 aliphatic heterocycles. The molecule has 1 saturated heterocycles. The van der Waals surface area contributed by atoms with Gasteiger partial charge in [0, 0.05) is 18.1 Å². The molecule has 1 atom stereocenters. The molecule has 2 aromatic carbocycles. The maximum Gasteiger partial charge on any atom is 0.244 e. The Morgan fingerprint density at radius 3 is 2.58 bits per heavy atom. The molecule has 0 saturated carbocycles. The lowest BCUT2D eigenvalue weighted by Crippen LogP contribution is -2.48. The van der Waals surface area contributed by atoms with E-state index in [0.29, 0.717) is 35.4 Å². The summed E-state index contributed by atoms with van der Waals surface area (Å²) in [4.78, 5) is 25.7.